The largest absolute Gasteiger partial charge is 0.326 e. The van der Waals surface area contributed by atoms with E-state index < -0.39 is 0 Å². The lowest BCUT2D eigenvalue weighted by atomic mass is 10.0. The van der Waals surface area contributed by atoms with Crippen molar-refractivity contribution < 1.29 is 4.79 Å². The van der Waals surface area contributed by atoms with Gasteiger partial charge in [0.15, 0.2) is 0 Å². The minimum Gasteiger partial charge on any atom is -0.326 e. The summed E-state index contributed by atoms with van der Waals surface area (Å²) in [5.74, 6) is 0.281. The molecule has 0 aliphatic carbocycles. The summed E-state index contributed by atoms with van der Waals surface area (Å²) in [6.45, 7) is 6.01. The summed E-state index contributed by atoms with van der Waals surface area (Å²) in [7, 11) is 0. The average molecular weight is 283 g/mol. The number of carbonyl (C=O) groups excluding carboxylic acids is 1. The maximum Gasteiger partial charge on any atom is 0.228 e. The molecule has 0 aromatic heterocycles. The number of aryl methyl sites for hydroxylation is 2. The Hall–Kier alpha value is -1.06. The topological polar surface area (TPSA) is 41.1 Å². The highest BCUT2D eigenvalue weighted by Crippen LogP contribution is 2.20. The molecule has 1 aliphatic rings. The molecule has 106 valence electrons. The summed E-state index contributed by atoms with van der Waals surface area (Å²) in [6, 6.07) is 6.38. The number of carbonyl (C=O) groups is 1. The zero-order chi connectivity index (χ0) is 13.0. The van der Waals surface area contributed by atoms with Crippen LogP contribution in [-0.2, 0) is 17.6 Å². The first-order chi connectivity index (χ1) is 8.74. The van der Waals surface area contributed by atoms with Gasteiger partial charge in [-0.05, 0) is 43.0 Å². The number of rotatable bonds is 4. The van der Waals surface area contributed by atoms with Gasteiger partial charge in [-0.2, -0.15) is 0 Å². The molecule has 1 fully saturated rings. The fourth-order valence-corrected chi connectivity index (χ4v) is 2.38. The Morgan fingerprint density at radius 2 is 2.16 bits per heavy atom. The number of hydrogen-bond donors (Lipinski definition) is 2. The van der Waals surface area contributed by atoms with Crippen LogP contribution in [-0.4, -0.2) is 19.0 Å². The minimum absolute atomic E-state index is 0. The van der Waals surface area contributed by atoms with E-state index >= 15 is 0 Å². The van der Waals surface area contributed by atoms with Crippen LogP contribution in [0.1, 0.15) is 31.4 Å². The van der Waals surface area contributed by atoms with Crippen LogP contribution in [0.3, 0.4) is 0 Å². The third-order valence-corrected chi connectivity index (χ3v) is 3.65. The van der Waals surface area contributed by atoms with Crippen molar-refractivity contribution in [1.82, 2.24) is 5.32 Å². The zero-order valence-electron chi connectivity index (χ0n) is 11.7. The molecule has 1 aromatic rings. The lowest BCUT2D eigenvalue weighted by molar-refractivity contribution is -0.119. The highest BCUT2D eigenvalue weighted by atomic mass is 35.5. The normalized spacial score (nSPS) is 17.9. The van der Waals surface area contributed by atoms with Crippen molar-refractivity contribution in [1.29, 1.82) is 0 Å². The van der Waals surface area contributed by atoms with E-state index in [4.69, 9.17) is 0 Å². The van der Waals surface area contributed by atoms with Crippen LogP contribution in [0.15, 0.2) is 18.2 Å². The van der Waals surface area contributed by atoms with Gasteiger partial charge in [-0.25, -0.2) is 0 Å². The van der Waals surface area contributed by atoms with Crippen LogP contribution in [0.4, 0.5) is 5.69 Å². The molecule has 1 aromatic carbocycles. The smallest absolute Gasteiger partial charge is 0.228 e. The molecule has 2 rings (SSSR count). The standard InChI is InChI=1S/C15H22N2O.ClH/c1-3-11-5-6-12(4-2)14(9-11)17-15(18)13-7-8-16-10-13;/h5-6,9,13,16H,3-4,7-8,10H2,1-2H3,(H,17,18);1H. The first-order valence-corrected chi connectivity index (χ1v) is 6.88. The third kappa shape index (κ3) is 3.95. The van der Waals surface area contributed by atoms with E-state index in [0.29, 0.717) is 0 Å². The van der Waals surface area contributed by atoms with Crippen molar-refractivity contribution in [3.8, 4) is 0 Å². The van der Waals surface area contributed by atoms with Crippen molar-refractivity contribution in [2.75, 3.05) is 18.4 Å². The van der Waals surface area contributed by atoms with Crippen LogP contribution >= 0.6 is 12.4 Å². The molecule has 0 spiro atoms. The first-order valence-electron chi connectivity index (χ1n) is 6.88. The third-order valence-electron chi connectivity index (χ3n) is 3.65. The Kier molecular flexibility index (Phi) is 6.32. The Bertz CT molecular complexity index is 428. The maximum atomic E-state index is 12.1. The van der Waals surface area contributed by atoms with Gasteiger partial charge in [0.1, 0.15) is 0 Å². The second-order valence-corrected chi connectivity index (χ2v) is 4.88. The van der Waals surface area contributed by atoms with Crippen LogP contribution < -0.4 is 10.6 Å². The van der Waals surface area contributed by atoms with Crippen molar-refractivity contribution in [2.45, 2.75) is 33.1 Å². The number of anilines is 1. The monoisotopic (exact) mass is 282 g/mol. The first kappa shape index (κ1) is 16.0. The van der Waals surface area contributed by atoms with Gasteiger partial charge in [-0.15, -0.1) is 12.4 Å². The van der Waals surface area contributed by atoms with Crippen molar-refractivity contribution in [3.63, 3.8) is 0 Å². The van der Waals surface area contributed by atoms with Crippen LogP contribution in [0.2, 0.25) is 0 Å². The number of amides is 1. The summed E-state index contributed by atoms with van der Waals surface area (Å²) in [5.41, 5.74) is 3.48. The van der Waals surface area contributed by atoms with E-state index in [0.717, 1.165) is 38.0 Å². The fourth-order valence-electron chi connectivity index (χ4n) is 2.38. The van der Waals surface area contributed by atoms with E-state index in [-0.39, 0.29) is 24.2 Å². The molecule has 1 unspecified atom stereocenters. The van der Waals surface area contributed by atoms with Crippen molar-refractivity contribution in [2.24, 2.45) is 5.92 Å². The summed E-state index contributed by atoms with van der Waals surface area (Å²) < 4.78 is 0. The quantitative estimate of drug-likeness (QED) is 0.892. The van der Waals surface area contributed by atoms with Crippen LogP contribution in [0.5, 0.6) is 0 Å². The number of halogens is 1. The van der Waals surface area contributed by atoms with Gasteiger partial charge in [-0.1, -0.05) is 26.0 Å². The molecule has 0 radical (unpaired) electrons. The molecule has 0 bridgehead atoms. The van der Waals surface area contributed by atoms with E-state index in [2.05, 4.69) is 42.7 Å². The van der Waals surface area contributed by atoms with E-state index in [1.165, 1.54) is 11.1 Å². The Balaban J connectivity index is 0.00000180. The molecule has 4 heteroatoms. The SMILES string of the molecule is CCc1ccc(CC)c(NC(=O)C2CCNC2)c1.Cl. The molecular formula is C15H23ClN2O. The molecule has 0 saturated carbocycles. The minimum atomic E-state index is 0. The van der Waals surface area contributed by atoms with E-state index in [1.54, 1.807) is 0 Å². The van der Waals surface area contributed by atoms with Crippen molar-refractivity contribution in [3.05, 3.63) is 29.3 Å². The summed E-state index contributed by atoms with van der Waals surface area (Å²) >= 11 is 0. The number of hydrogen-bond acceptors (Lipinski definition) is 2. The molecule has 19 heavy (non-hydrogen) atoms. The molecule has 3 nitrogen and oxygen atoms in total. The molecule has 1 heterocycles. The highest BCUT2D eigenvalue weighted by Gasteiger charge is 2.22. The second-order valence-electron chi connectivity index (χ2n) is 4.88. The highest BCUT2D eigenvalue weighted by molar-refractivity contribution is 5.93. The lowest BCUT2D eigenvalue weighted by Crippen LogP contribution is -2.25. The molecule has 1 saturated heterocycles. The van der Waals surface area contributed by atoms with Gasteiger partial charge in [0.25, 0.3) is 0 Å². The number of nitrogens with one attached hydrogen (secondary N) is 2. The zero-order valence-corrected chi connectivity index (χ0v) is 12.5. The summed E-state index contributed by atoms with van der Waals surface area (Å²) in [5, 5.41) is 6.33. The van der Waals surface area contributed by atoms with Crippen LogP contribution in [0.25, 0.3) is 0 Å². The molecule has 1 amide bonds. The Labute approximate surface area is 121 Å². The van der Waals surface area contributed by atoms with Crippen LogP contribution in [0, 0.1) is 5.92 Å². The van der Waals surface area contributed by atoms with Gasteiger partial charge in [0, 0.05) is 12.2 Å². The molecule has 1 aliphatic heterocycles. The van der Waals surface area contributed by atoms with E-state index in [9.17, 15) is 4.79 Å². The lowest BCUT2D eigenvalue weighted by Gasteiger charge is -2.14. The number of benzene rings is 1. The van der Waals surface area contributed by atoms with Gasteiger partial charge < -0.3 is 10.6 Å². The van der Waals surface area contributed by atoms with E-state index in [1.807, 2.05) is 0 Å². The van der Waals surface area contributed by atoms with Gasteiger partial charge in [0.2, 0.25) is 5.91 Å². The average Bonchev–Trinajstić information content (AvgIpc) is 2.92. The van der Waals surface area contributed by atoms with Gasteiger partial charge in [0.05, 0.1) is 5.92 Å². The molecule has 1 atom stereocenters. The predicted molar refractivity (Wildman–Crippen MR) is 82.1 cm³/mol. The maximum absolute atomic E-state index is 12.1. The van der Waals surface area contributed by atoms with Gasteiger partial charge >= 0.3 is 0 Å². The predicted octanol–water partition coefficient (Wildman–Crippen LogP) is 2.78. The van der Waals surface area contributed by atoms with Crippen molar-refractivity contribution >= 4 is 24.0 Å². The van der Waals surface area contributed by atoms with Gasteiger partial charge in [-0.3, -0.25) is 4.79 Å². The summed E-state index contributed by atoms with van der Waals surface area (Å²) in [4.78, 5) is 12.1. The Morgan fingerprint density at radius 3 is 2.74 bits per heavy atom. The second kappa shape index (κ2) is 7.51. The Morgan fingerprint density at radius 1 is 1.37 bits per heavy atom. The molecule has 2 N–H and O–H groups in total. The fraction of sp³-hybridized carbons (Fsp3) is 0.533. The summed E-state index contributed by atoms with van der Waals surface area (Å²) in [6.07, 6.45) is 2.89. The molecular weight excluding hydrogens is 260 g/mol.